The monoisotopic (exact) mass is 408 g/mol. The lowest BCUT2D eigenvalue weighted by atomic mass is 9.80. The molecule has 0 amide bonds. The molecular weight excluding hydrogens is 384 g/mol. The van der Waals surface area contributed by atoms with E-state index in [2.05, 4.69) is 110 Å². The fourth-order valence-corrected chi connectivity index (χ4v) is 6.19. The third kappa shape index (κ3) is 2.44. The first-order chi connectivity index (χ1) is 15.8. The molecule has 0 spiro atoms. The van der Waals surface area contributed by atoms with Crippen LogP contribution in [0.15, 0.2) is 103 Å². The van der Waals surface area contributed by atoms with Gasteiger partial charge >= 0.3 is 0 Å². The number of fused-ring (bicyclic) bond motifs is 8. The average Bonchev–Trinajstić information content (AvgIpc) is 3.39. The Hall–Kier alpha value is -3.64. The maximum absolute atomic E-state index is 2.47. The molecule has 32 heavy (non-hydrogen) atoms. The highest BCUT2D eigenvalue weighted by Gasteiger charge is 2.34. The molecule has 0 heteroatoms. The maximum atomic E-state index is 2.47. The van der Waals surface area contributed by atoms with Gasteiger partial charge in [0.1, 0.15) is 0 Å². The average molecular weight is 409 g/mol. The van der Waals surface area contributed by atoms with Crippen molar-refractivity contribution in [2.75, 3.05) is 0 Å². The summed E-state index contributed by atoms with van der Waals surface area (Å²) in [5.74, 6) is 0.792. The van der Waals surface area contributed by atoms with Crippen molar-refractivity contribution in [3.05, 3.63) is 131 Å². The molecule has 0 nitrogen and oxygen atoms in total. The van der Waals surface area contributed by atoms with Crippen LogP contribution in [-0.2, 0) is 6.42 Å². The highest BCUT2D eigenvalue weighted by Crippen LogP contribution is 2.53. The van der Waals surface area contributed by atoms with E-state index in [9.17, 15) is 0 Å². The van der Waals surface area contributed by atoms with Crippen molar-refractivity contribution in [3.63, 3.8) is 0 Å². The minimum atomic E-state index is 0.382. The van der Waals surface area contributed by atoms with E-state index in [-0.39, 0.29) is 0 Å². The van der Waals surface area contributed by atoms with E-state index in [1.807, 2.05) is 0 Å². The maximum Gasteiger partial charge on any atom is 0.0168 e. The van der Waals surface area contributed by atoms with Crippen molar-refractivity contribution in [1.29, 1.82) is 0 Å². The number of benzene rings is 5. The molecule has 0 N–H and O–H groups in total. The van der Waals surface area contributed by atoms with E-state index in [0.29, 0.717) is 11.8 Å². The first-order valence-electron chi connectivity index (χ1n) is 11.6. The van der Waals surface area contributed by atoms with Crippen LogP contribution in [-0.4, -0.2) is 0 Å². The van der Waals surface area contributed by atoms with E-state index in [0.717, 1.165) is 6.42 Å². The highest BCUT2D eigenvalue weighted by molar-refractivity contribution is 6.01. The normalized spacial score (nSPS) is 16.3. The molecule has 0 fully saturated rings. The Kier molecular flexibility index (Phi) is 3.75. The van der Waals surface area contributed by atoms with Crippen LogP contribution in [0, 0.1) is 0 Å². The Labute approximate surface area is 189 Å². The smallest absolute Gasteiger partial charge is 0.0168 e. The van der Waals surface area contributed by atoms with E-state index >= 15 is 0 Å². The van der Waals surface area contributed by atoms with Gasteiger partial charge < -0.3 is 0 Å². The minimum absolute atomic E-state index is 0.382. The first-order valence-corrected chi connectivity index (χ1v) is 11.6. The molecule has 0 radical (unpaired) electrons. The van der Waals surface area contributed by atoms with E-state index in [4.69, 9.17) is 0 Å². The van der Waals surface area contributed by atoms with Crippen molar-refractivity contribution < 1.29 is 0 Å². The number of hydrogen-bond donors (Lipinski definition) is 0. The molecule has 2 aliphatic carbocycles. The van der Waals surface area contributed by atoms with Crippen molar-refractivity contribution in [3.8, 4) is 22.3 Å². The molecule has 2 unspecified atom stereocenters. The zero-order valence-electron chi connectivity index (χ0n) is 18.2. The number of rotatable bonds is 2. The number of hydrogen-bond acceptors (Lipinski definition) is 0. The van der Waals surface area contributed by atoms with Gasteiger partial charge in [-0.05, 0) is 73.2 Å². The summed E-state index contributed by atoms with van der Waals surface area (Å²) in [6.45, 7) is 2.41. The molecule has 0 aliphatic heterocycles. The van der Waals surface area contributed by atoms with Gasteiger partial charge in [0.05, 0.1) is 0 Å². The minimum Gasteiger partial charge on any atom is -0.0619 e. The Morgan fingerprint density at radius 3 is 2.31 bits per heavy atom. The van der Waals surface area contributed by atoms with Crippen molar-refractivity contribution >= 4 is 10.8 Å². The lowest BCUT2D eigenvalue weighted by Crippen LogP contribution is -2.08. The Morgan fingerprint density at radius 1 is 0.625 bits per heavy atom. The summed E-state index contributed by atoms with van der Waals surface area (Å²) in [6.07, 6.45) is 1.05. The standard InChI is InChI=1S/C32H24/c1-20(22-15-16-26-24(18-22)19-23-9-3-4-10-25(23)26)31-28-12-6-7-13-29(28)32-27-11-5-2-8-21(27)14-17-30(31)32/h2-18,20,31H,19H2,1H3. The second kappa shape index (κ2) is 6.68. The Balaban J connectivity index is 1.38. The van der Waals surface area contributed by atoms with Gasteiger partial charge in [-0.1, -0.05) is 110 Å². The van der Waals surface area contributed by atoms with Crippen LogP contribution in [0.4, 0.5) is 0 Å². The molecule has 0 saturated carbocycles. The lowest BCUT2D eigenvalue weighted by molar-refractivity contribution is 0.670. The quantitative estimate of drug-likeness (QED) is 0.270. The summed E-state index contributed by atoms with van der Waals surface area (Å²) in [6, 6.07) is 38.6. The molecule has 5 aromatic rings. The summed E-state index contributed by atoms with van der Waals surface area (Å²) >= 11 is 0. The van der Waals surface area contributed by atoms with E-state index < -0.39 is 0 Å². The fraction of sp³-hybridized carbons (Fsp3) is 0.125. The van der Waals surface area contributed by atoms with Gasteiger partial charge in [-0.2, -0.15) is 0 Å². The van der Waals surface area contributed by atoms with Gasteiger partial charge in [0.2, 0.25) is 0 Å². The highest BCUT2D eigenvalue weighted by atomic mass is 14.4. The van der Waals surface area contributed by atoms with E-state index in [1.54, 1.807) is 0 Å². The summed E-state index contributed by atoms with van der Waals surface area (Å²) in [7, 11) is 0. The predicted molar refractivity (Wildman–Crippen MR) is 134 cm³/mol. The molecule has 2 aliphatic rings. The van der Waals surface area contributed by atoms with Crippen LogP contribution in [0.1, 0.15) is 46.6 Å². The zero-order chi connectivity index (χ0) is 21.2. The molecular formula is C32H24. The lowest BCUT2D eigenvalue weighted by Gasteiger charge is -2.23. The predicted octanol–water partition coefficient (Wildman–Crippen LogP) is 8.33. The van der Waals surface area contributed by atoms with Crippen LogP contribution >= 0.6 is 0 Å². The fourth-order valence-electron chi connectivity index (χ4n) is 6.19. The molecule has 152 valence electrons. The molecule has 0 aromatic heterocycles. The molecule has 5 aromatic carbocycles. The molecule has 0 saturated heterocycles. The van der Waals surface area contributed by atoms with Crippen LogP contribution in [0.3, 0.4) is 0 Å². The SMILES string of the molecule is CC(c1ccc2c(c1)Cc1ccccc1-2)C1c2ccccc2-c2c1ccc1ccccc21. The van der Waals surface area contributed by atoms with Crippen LogP contribution in [0.2, 0.25) is 0 Å². The first kappa shape index (κ1) is 18.0. The van der Waals surface area contributed by atoms with Crippen LogP contribution in [0.25, 0.3) is 33.0 Å². The third-order valence-electron chi connectivity index (χ3n) is 7.71. The summed E-state index contributed by atoms with van der Waals surface area (Å²) in [4.78, 5) is 0. The summed E-state index contributed by atoms with van der Waals surface area (Å²) in [5, 5.41) is 2.70. The van der Waals surface area contributed by atoms with Gasteiger partial charge in [0.15, 0.2) is 0 Å². The van der Waals surface area contributed by atoms with Crippen LogP contribution < -0.4 is 0 Å². The van der Waals surface area contributed by atoms with Gasteiger partial charge in [0, 0.05) is 5.92 Å². The molecule has 0 heterocycles. The molecule has 7 rings (SSSR count). The van der Waals surface area contributed by atoms with Gasteiger partial charge in [-0.25, -0.2) is 0 Å². The third-order valence-corrected chi connectivity index (χ3v) is 7.71. The molecule has 0 bridgehead atoms. The summed E-state index contributed by atoms with van der Waals surface area (Å²) < 4.78 is 0. The van der Waals surface area contributed by atoms with Crippen molar-refractivity contribution in [2.45, 2.75) is 25.2 Å². The molecule has 2 atom stereocenters. The summed E-state index contributed by atoms with van der Waals surface area (Å²) in [5.41, 5.74) is 13.0. The van der Waals surface area contributed by atoms with Gasteiger partial charge in [-0.15, -0.1) is 0 Å². The van der Waals surface area contributed by atoms with Crippen molar-refractivity contribution in [2.24, 2.45) is 0 Å². The van der Waals surface area contributed by atoms with Gasteiger partial charge in [-0.3, -0.25) is 0 Å². The van der Waals surface area contributed by atoms with Crippen LogP contribution in [0.5, 0.6) is 0 Å². The Morgan fingerprint density at radius 2 is 1.38 bits per heavy atom. The van der Waals surface area contributed by atoms with Crippen molar-refractivity contribution in [1.82, 2.24) is 0 Å². The van der Waals surface area contributed by atoms with E-state index in [1.165, 1.54) is 60.8 Å². The topological polar surface area (TPSA) is 0 Å². The van der Waals surface area contributed by atoms with Gasteiger partial charge in [0.25, 0.3) is 0 Å². The Bertz CT molecular complexity index is 1520. The largest absolute Gasteiger partial charge is 0.0619 e. The second-order valence-corrected chi connectivity index (χ2v) is 9.36. The zero-order valence-corrected chi connectivity index (χ0v) is 18.2. The second-order valence-electron chi connectivity index (χ2n) is 9.36.